The number of fused-ring (bicyclic) bond motifs is 3. The number of methoxy groups -OCH3 is 1. The van der Waals surface area contributed by atoms with E-state index in [-0.39, 0.29) is 57.1 Å². The summed E-state index contributed by atoms with van der Waals surface area (Å²) in [5.41, 5.74) is -0.182. The molecule has 1 fully saturated rings. The molecule has 1 spiro atoms. The maximum atomic E-state index is 14.7. The first-order valence-electron chi connectivity index (χ1n) is 20.8. The number of ether oxygens (including phenoxy) is 4. The number of aliphatic hydroxyl groups excluding tert-OH is 2. The van der Waals surface area contributed by atoms with Crippen molar-refractivity contribution in [1.82, 2.24) is 15.5 Å². The fraction of sp³-hybridized carbons (Fsp3) is 0.578. The van der Waals surface area contributed by atoms with E-state index in [0.717, 1.165) is 19.6 Å². The molecule has 8 atom stereocenters. The van der Waals surface area contributed by atoms with E-state index in [1.165, 1.54) is 40.2 Å². The van der Waals surface area contributed by atoms with Crippen LogP contribution >= 0.6 is 0 Å². The molecule has 60 heavy (non-hydrogen) atoms. The molecule has 0 aromatic heterocycles. The van der Waals surface area contributed by atoms with Gasteiger partial charge in [0.25, 0.3) is 11.7 Å². The summed E-state index contributed by atoms with van der Waals surface area (Å²) in [5.74, 6) is -6.04. The lowest BCUT2D eigenvalue weighted by Gasteiger charge is -2.38. The standard InChI is InChI=1S/C45H60N4O11/c1-22(2)21-49-17-15-45(16-18-49)47-35-32-33-39(53)27(7)41-34(32)42(55)44(9,60-41)58-19-14-30(57-10)26(6)31(59-28(8)50)20-29(51)25(5)38(52)23(3)12-11-13-24(4)43(56)46-37(40(33)54)36(35)48-45/h11-14,19,22-23,25-26,29-31,38,48,51-53H,15-18,20-21H2,1-10H3,(H,46,56)/b12-11+,19-14+,24-13+/t23-,25-,26+,29-,30-,31-,38-,44-/m0/s1. The van der Waals surface area contributed by atoms with Crippen molar-refractivity contribution in [1.29, 1.82) is 0 Å². The summed E-state index contributed by atoms with van der Waals surface area (Å²) >= 11 is 0. The molecule has 6 rings (SSSR count). The molecule has 1 aromatic carbocycles. The van der Waals surface area contributed by atoms with Crippen molar-refractivity contribution in [3.8, 4) is 11.5 Å². The first-order chi connectivity index (χ1) is 28.2. The van der Waals surface area contributed by atoms with Crippen molar-refractivity contribution >= 4 is 29.2 Å². The number of carbonyl (C=O) groups is 4. The number of ketones is 2. The molecule has 4 aliphatic heterocycles. The van der Waals surface area contributed by atoms with Gasteiger partial charge in [0.05, 0.1) is 47.1 Å². The summed E-state index contributed by atoms with van der Waals surface area (Å²) in [6.45, 7) is 17.7. The predicted molar refractivity (Wildman–Crippen MR) is 222 cm³/mol. The zero-order valence-electron chi connectivity index (χ0n) is 36.3. The Morgan fingerprint density at radius 3 is 2.35 bits per heavy atom. The lowest BCUT2D eigenvalue weighted by molar-refractivity contribution is -0.154. The molecule has 4 heterocycles. The monoisotopic (exact) mass is 832 g/mol. The third-order valence-corrected chi connectivity index (χ3v) is 12.5. The van der Waals surface area contributed by atoms with Gasteiger partial charge in [0, 0.05) is 94.3 Å². The van der Waals surface area contributed by atoms with E-state index in [4.69, 9.17) is 23.9 Å². The van der Waals surface area contributed by atoms with Crippen molar-refractivity contribution in [2.24, 2.45) is 28.7 Å². The second kappa shape index (κ2) is 17.3. The highest BCUT2D eigenvalue weighted by Crippen LogP contribution is 2.50. The molecule has 5 bridgehead atoms. The van der Waals surface area contributed by atoms with Crippen LogP contribution in [0.15, 0.2) is 52.5 Å². The van der Waals surface area contributed by atoms with E-state index in [1.54, 1.807) is 45.9 Å². The number of aliphatic imine (C=N–C) groups is 1. The number of nitrogens with zero attached hydrogens (tertiary/aromatic N) is 2. The molecule has 1 saturated heterocycles. The Kier molecular flexibility index (Phi) is 12.9. The predicted octanol–water partition coefficient (Wildman–Crippen LogP) is 4.37. The Bertz CT molecular complexity index is 2080. The van der Waals surface area contributed by atoms with Crippen LogP contribution in [0.4, 0.5) is 0 Å². The third-order valence-electron chi connectivity index (χ3n) is 12.5. The van der Waals surface area contributed by atoms with Gasteiger partial charge in [-0.05, 0) is 25.8 Å². The van der Waals surface area contributed by atoms with Gasteiger partial charge in [-0.25, -0.2) is 0 Å². The molecule has 1 aliphatic carbocycles. The van der Waals surface area contributed by atoms with E-state index < -0.39 is 82.8 Å². The number of hydrogen-bond acceptors (Lipinski definition) is 14. The largest absolute Gasteiger partial charge is 0.507 e. The number of carbonyl (C=O) groups excluding carboxylic acids is 4. The van der Waals surface area contributed by atoms with E-state index in [1.807, 2.05) is 0 Å². The van der Waals surface area contributed by atoms with Crippen molar-refractivity contribution in [3.63, 3.8) is 0 Å². The van der Waals surface area contributed by atoms with Crippen LogP contribution in [0, 0.1) is 30.6 Å². The second-order valence-corrected chi connectivity index (χ2v) is 17.5. The number of nitrogens with one attached hydrogen (secondary N) is 2. The number of hydrogen-bond donors (Lipinski definition) is 5. The summed E-state index contributed by atoms with van der Waals surface area (Å²) in [4.78, 5) is 63.0. The van der Waals surface area contributed by atoms with Gasteiger partial charge in [0.2, 0.25) is 5.78 Å². The Labute approximate surface area is 351 Å². The van der Waals surface area contributed by atoms with Gasteiger partial charge in [0.15, 0.2) is 0 Å². The van der Waals surface area contributed by atoms with Crippen LogP contribution in [0.25, 0.3) is 0 Å². The maximum absolute atomic E-state index is 14.7. The van der Waals surface area contributed by atoms with Crippen molar-refractivity contribution in [2.75, 3.05) is 26.7 Å². The number of phenolic OH excluding ortho intramolecular Hbond substituents is 1. The molecule has 0 saturated carbocycles. The number of rotatable bonds is 4. The average molecular weight is 833 g/mol. The summed E-state index contributed by atoms with van der Waals surface area (Å²) in [5, 5.41) is 40.6. The molecular formula is C45H60N4O11. The molecular weight excluding hydrogens is 773 g/mol. The Morgan fingerprint density at radius 2 is 1.72 bits per heavy atom. The normalized spacial score (nSPS) is 33.0. The van der Waals surface area contributed by atoms with Gasteiger partial charge >= 0.3 is 11.8 Å². The Balaban J connectivity index is 1.48. The lowest BCUT2D eigenvalue weighted by Crippen LogP contribution is -2.50. The van der Waals surface area contributed by atoms with E-state index in [9.17, 15) is 34.5 Å². The minimum atomic E-state index is -1.96. The van der Waals surface area contributed by atoms with E-state index in [0.29, 0.717) is 18.8 Å². The van der Waals surface area contributed by atoms with Crippen molar-refractivity contribution < 1.29 is 53.4 Å². The van der Waals surface area contributed by atoms with Crippen LogP contribution < -0.4 is 15.4 Å². The SMILES string of the molecule is CO[C@H]1/C=C/O[C@@]2(C)Oc3c(C)c(O)c4c(c3C2=O)C2=NC3(CCN(CC(C)C)CC3)NC2=C(NC(=O)/C(C)=C/C=C/[C@H](C)[C@H](O)[C@@H](C)[C@@H](O)C[C@H](OC(C)=O)[C@@H]1C)C4=O. The number of likely N-dealkylation sites (tertiary alicyclic amines) is 1. The van der Waals surface area contributed by atoms with Gasteiger partial charge < -0.3 is 49.8 Å². The maximum Gasteiger partial charge on any atom is 0.312 e. The number of piperidine rings is 1. The fourth-order valence-corrected chi connectivity index (χ4v) is 8.80. The van der Waals surface area contributed by atoms with Gasteiger partial charge in [-0.1, -0.05) is 52.8 Å². The Morgan fingerprint density at radius 1 is 1.03 bits per heavy atom. The van der Waals surface area contributed by atoms with Crippen LogP contribution in [0.3, 0.4) is 0 Å². The number of aromatic hydroxyl groups is 1. The number of esters is 1. The van der Waals surface area contributed by atoms with Gasteiger partial charge in [-0.15, -0.1) is 0 Å². The van der Waals surface area contributed by atoms with Crippen LogP contribution in [-0.4, -0.2) is 112 Å². The minimum absolute atomic E-state index is 0.0154. The molecule has 15 heteroatoms. The van der Waals surface area contributed by atoms with Crippen LogP contribution in [0.1, 0.15) is 106 Å². The number of amides is 1. The van der Waals surface area contributed by atoms with Crippen LogP contribution in [0.2, 0.25) is 0 Å². The highest BCUT2D eigenvalue weighted by Gasteiger charge is 2.54. The fourth-order valence-electron chi connectivity index (χ4n) is 8.80. The lowest BCUT2D eigenvalue weighted by atomic mass is 9.82. The summed E-state index contributed by atoms with van der Waals surface area (Å²) in [6, 6.07) is 0. The highest BCUT2D eigenvalue weighted by molar-refractivity contribution is 6.34. The second-order valence-electron chi connectivity index (χ2n) is 17.5. The summed E-state index contributed by atoms with van der Waals surface area (Å²) in [6.07, 6.45) is 5.12. The number of allylic oxidation sites excluding steroid dienone is 4. The summed E-state index contributed by atoms with van der Waals surface area (Å²) in [7, 11) is 1.46. The first kappa shape index (κ1) is 44.7. The molecule has 1 aromatic rings. The zero-order valence-corrected chi connectivity index (χ0v) is 36.3. The van der Waals surface area contributed by atoms with Crippen LogP contribution in [0.5, 0.6) is 11.5 Å². The Hall–Kier alpha value is -4.83. The quantitative estimate of drug-likeness (QED) is 0.268. The topological polar surface area (TPSA) is 206 Å². The zero-order chi connectivity index (χ0) is 44.0. The number of phenols is 1. The van der Waals surface area contributed by atoms with Gasteiger partial charge in [-0.2, -0.15) is 0 Å². The molecule has 15 nitrogen and oxygen atoms in total. The number of benzene rings is 1. The first-order valence-corrected chi connectivity index (χ1v) is 20.8. The van der Waals surface area contributed by atoms with Crippen molar-refractivity contribution in [3.05, 3.63) is 69.8 Å². The van der Waals surface area contributed by atoms with Crippen molar-refractivity contribution in [2.45, 2.75) is 117 Å². The molecule has 5 aliphatic rings. The third kappa shape index (κ3) is 8.41. The van der Waals surface area contributed by atoms with Gasteiger partial charge in [-0.3, -0.25) is 24.2 Å². The molecule has 326 valence electrons. The van der Waals surface area contributed by atoms with E-state index in [2.05, 4.69) is 29.4 Å². The van der Waals surface area contributed by atoms with E-state index >= 15 is 0 Å². The minimum Gasteiger partial charge on any atom is -0.507 e. The number of aliphatic hydroxyl groups is 2. The highest BCUT2D eigenvalue weighted by atomic mass is 16.7. The summed E-state index contributed by atoms with van der Waals surface area (Å²) < 4.78 is 23.8. The van der Waals surface area contributed by atoms with Crippen LogP contribution in [-0.2, 0) is 23.8 Å². The van der Waals surface area contributed by atoms with Gasteiger partial charge in [0.1, 0.15) is 29.0 Å². The number of Topliss-reactive ketones (excluding diaryl/α,β-unsaturated/α-hetero) is 2. The molecule has 1 amide bonds. The molecule has 0 unspecified atom stereocenters. The smallest absolute Gasteiger partial charge is 0.312 e. The molecule has 5 N–H and O–H groups in total. The average Bonchev–Trinajstić information content (AvgIpc) is 3.69. The molecule has 0 radical (unpaired) electrons.